The van der Waals surface area contributed by atoms with Gasteiger partial charge in [0.2, 0.25) is 5.88 Å². The molecule has 0 fully saturated rings. The fourth-order valence-corrected chi connectivity index (χ4v) is 1.27. The van der Waals surface area contributed by atoms with Crippen molar-refractivity contribution in [1.29, 1.82) is 0 Å². The van der Waals surface area contributed by atoms with E-state index < -0.39 is 0 Å². The molecule has 1 heterocycles. The highest BCUT2D eigenvalue weighted by atomic mass is 79.9. The molecule has 0 saturated heterocycles. The van der Waals surface area contributed by atoms with Crippen LogP contribution in [0.3, 0.4) is 0 Å². The number of halogens is 1. The zero-order valence-corrected chi connectivity index (χ0v) is 10.2. The van der Waals surface area contributed by atoms with Crippen molar-refractivity contribution in [3.05, 3.63) is 22.3 Å². The molecule has 0 saturated carbocycles. The third kappa shape index (κ3) is 3.27. The molecule has 0 aliphatic carbocycles. The maximum Gasteiger partial charge on any atom is 0.213 e. The summed E-state index contributed by atoms with van der Waals surface area (Å²) >= 11 is 3.38. The van der Waals surface area contributed by atoms with Gasteiger partial charge in [0.25, 0.3) is 0 Å². The van der Waals surface area contributed by atoms with E-state index in [1.54, 1.807) is 13.3 Å². The van der Waals surface area contributed by atoms with Gasteiger partial charge in [0, 0.05) is 23.8 Å². The van der Waals surface area contributed by atoms with Crippen LogP contribution in [-0.4, -0.2) is 24.8 Å². The number of hydrogen-bond acceptors (Lipinski definition) is 3. The molecule has 0 bridgehead atoms. The van der Waals surface area contributed by atoms with Gasteiger partial charge in [-0.05, 0) is 35.3 Å². The quantitative estimate of drug-likeness (QED) is 0.833. The number of pyridine rings is 1. The molecule has 0 spiro atoms. The Kier molecular flexibility index (Phi) is 4.35. The number of aromatic nitrogens is 1. The lowest BCUT2D eigenvalue weighted by molar-refractivity contribution is 0.0889. The summed E-state index contributed by atoms with van der Waals surface area (Å²) in [5.41, 5.74) is 1.11. The molecule has 0 aromatic carbocycles. The molecule has 0 aliphatic rings. The van der Waals surface area contributed by atoms with E-state index in [1.165, 1.54) is 0 Å². The van der Waals surface area contributed by atoms with E-state index in [0.717, 1.165) is 10.0 Å². The number of aryl methyl sites for hydroxylation is 1. The van der Waals surface area contributed by atoms with Gasteiger partial charge in [-0.3, -0.25) is 0 Å². The Labute approximate surface area is 92.6 Å². The first-order valence-electron chi connectivity index (χ1n) is 4.41. The van der Waals surface area contributed by atoms with E-state index in [2.05, 4.69) is 20.9 Å². The molecule has 1 unspecified atom stereocenters. The van der Waals surface area contributed by atoms with Gasteiger partial charge in [0.15, 0.2) is 0 Å². The van der Waals surface area contributed by atoms with Gasteiger partial charge in [-0.1, -0.05) is 0 Å². The third-order valence-electron chi connectivity index (χ3n) is 1.75. The zero-order valence-electron chi connectivity index (χ0n) is 8.58. The van der Waals surface area contributed by atoms with Crippen molar-refractivity contribution in [2.24, 2.45) is 0 Å². The summed E-state index contributed by atoms with van der Waals surface area (Å²) in [4.78, 5) is 4.14. The fraction of sp³-hybridized carbons (Fsp3) is 0.500. The summed E-state index contributed by atoms with van der Waals surface area (Å²) < 4.78 is 11.5. The lowest BCUT2D eigenvalue weighted by Crippen LogP contribution is -2.18. The largest absolute Gasteiger partial charge is 0.472 e. The second-order valence-electron chi connectivity index (χ2n) is 3.16. The molecule has 1 rings (SSSR count). The molecule has 78 valence electrons. The highest BCUT2D eigenvalue weighted by Gasteiger charge is 2.05. The van der Waals surface area contributed by atoms with Crippen LogP contribution in [0.1, 0.15) is 12.5 Å². The predicted octanol–water partition coefficient (Wildman–Crippen LogP) is 2.57. The van der Waals surface area contributed by atoms with Crippen LogP contribution in [-0.2, 0) is 4.74 Å². The van der Waals surface area contributed by atoms with Crippen molar-refractivity contribution in [2.75, 3.05) is 13.7 Å². The van der Waals surface area contributed by atoms with Gasteiger partial charge in [-0.15, -0.1) is 0 Å². The van der Waals surface area contributed by atoms with Crippen LogP contribution in [0.2, 0.25) is 0 Å². The third-order valence-corrected chi connectivity index (χ3v) is 2.58. The van der Waals surface area contributed by atoms with Gasteiger partial charge >= 0.3 is 0 Å². The Morgan fingerprint density at radius 1 is 1.57 bits per heavy atom. The minimum absolute atomic E-state index is 0.0214. The first kappa shape index (κ1) is 11.5. The molecule has 0 aliphatic heterocycles. The summed E-state index contributed by atoms with van der Waals surface area (Å²) in [5.74, 6) is 0.634. The Hall–Kier alpha value is -0.610. The minimum atomic E-state index is 0.0214. The molecule has 0 N–H and O–H groups in total. The van der Waals surface area contributed by atoms with Gasteiger partial charge in [0.1, 0.15) is 6.10 Å². The van der Waals surface area contributed by atoms with Crippen molar-refractivity contribution in [2.45, 2.75) is 20.0 Å². The highest BCUT2D eigenvalue weighted by Crippen LogP contribution is 2.19. The molecule has 1 atom stereocenters. The van der Waals surface area contributed by atoms with E-state index in [0.29, 0.717) is 12.5 Å². The van der Waals surface area contributed by atoms with E-state index in [4.69, 9.17) is 9.47 Å². The van der Waals surface area contributed by atoms with Crippen LogP contribution < -0.4 is 4.74 Å². The standard InChI is InChI=1S/C10H14BrNO2/c1-7-4-10(12-5-9(7)11)14-8(2)6-13-3/h4-5,8H,6H2,1-3H3. The molecule has 4 heteroatoms. The van der Waals surface area contributed by atoms with Gasteiger partial charge in [-0.2, -0.15) is 0 Å². The Balaban J connectivity index is 2.63. The average Bonchev–Trinajstić information content (AvgIpc) is 2.12. The topological polar surface area (TPSA) is 31.4 Å². The summed E-state index contributed by atoms with van der Waals surface area (Å²) in [6.45, 7) is 4.51. The summed E-state index contributed by atoms with van der Waals surface area (Å²) in [7, 11) is 1.65. The van der Waals surface area contributed by atoms with Gasteiger partial charge in [-0.25, -0.2) is 4.98 Å². The second-order valence-corrected chi connectivity index (χ2v) is 4.01. The number of rotatable bonds is 4. The molecular formula is C10H14BrNO2. The average molecular weight is 260 g/mol. The summed E-state index contributed by atoms with van der Waals surface area (Å²) in [6.07, 6.45) is 1.76. The van der Waals surface area contributed by atoms with Gasteiger partial charge in [0.05, 0.1) is 6.61 Å². The van der Waals surface area contributed by atoms with Crippen molar-refractivity contribution >= 4 is 15.9 Å². The molecule has 0 amide bonds. The Morgan fingerprint density at radius 2 is 2.29 bits per heavy atom. The Morgan fingerprint density at radius 3 is 2.86 bits per heavy atom. The highest BCUT2D eigenvalue weighted by molar-refractivity contribution is 9.10. The van der Waals surface area contributed by atoms with Crippen molar-refractivity contribution in [3.8, 4) is 5.88 Å². The molecular weight excluding hydrogens is 246 g/mol. The van der Waals surface area contributed by atoms with E-state index in [-0.39, 0.29) is 6.10 Å². The van der Waals surface area contributed by atoms with Crippen molar-refractivity contribution < 1.29 is 9.47 Å². The van der Waals surface area contributed by atoms with E-state index >= 15 is 0 Å². The first-order valence-corrected chi connectivity index (χ1v) is 5.20. The molecule has 0 radical (unpaired) electrons. The van der Waals surface area contributed by atoms with Crippen molar-refractivity contribution in [1.82, 2.24) is 4.98 Å². The normalized spacial score (nSPS) is 12.6. The molecule has 3 nitrogen and oxygen atoms in total. The summed E-state index contributed by atoms with van der Waals surface area (Å²) in [5, 5.41) is 0. The smallest absolute Gasteiger partial charge is 0.213 e. The van der Waals surface area contributed by atoms with Crippen LogP contribution in [0.25, 0.3) is 0 Å². The molecule has 14 heavy (non-hydrogen) atoms. The zero-order chi connectivity index (χ0) is 10.6. The molecule has 1 aromatic heterocycles. The van der Waals surface area contributed by atoms with Crippen LogP contribution in [0.4, 0.5) is 0 Å². The predicted molar refractivity (Wildman–Crippen MR) is 58.6 cm³/mol. The lowest BCUT2D eigenvalue weighted by Gasteiger charge is -2.13. The van der Waals surface area contributed by atoms with Crippen molar-refractivity contribution in [3.63, 3.8) is 0 Å². The maximum absolute atomic E-state index is 5.53. The number of nitrogens with zero attached hydrogens (tertiary/aromatic N) is 1. The van der Waals surface area contributed by atoms with Crippen LogP contribution in [0.15, 0.2) is 16.7 Å². The van der Waals surface area contributed by atoms with Crippen LogP contribution >= 0.6 is 15.9 Å². The molecule has 1 aromatic rings. The summed E-state index contributed by atoms with van der Waals surface area (Å²) in [6, 6.07) is 1.90. The van der Waals surface area contributed by atoms with Crippen LogP contribution in [0.5, 0.6) is 5.88 Å². The number of ether oxygens (including phenoxy) is 2. The first-order chi connectivity index (χ1) is 6.63. The second kappa shape index (κ2) is 5.32. The Bertz CT molecular complexity index is 304. The van der Waals surface area contributed by atoms with Gasteiger partial charge < -0.3 is 9.47 Å². The SMILES string of the molecule is COCC(C)Oc1cc(C)c(Br)cn1. The fourth-order valence-electron chi connectivity index (χ4n) is 1.05. The minimum Gasteiger partial charge on any atom is -0.472 e. The number of hydrogen-bond donors (Lipinski definition) is 0. The number of methoxy groups -OCH3 is 1. The van der Waals surface area contributed by atoms with Crippen LogP contribution in [0, 0.1) is 6.92 Å². The lowest BCUT2D eigenvalue weighted by atomic mass is 10.3. The van der Waals surface area contributed by atoms with E-state index in [9.17, 15) is 0 Å². The van der Waals surface area contributed by atoms with E-state index in [1.807, 2.05) is 19.9 Å². The monoisotopic (exact) mass is 259 g/mol. The maximum atomic E-state index is 5.53.